The van der Waals surface area contributed by atoms with Gasteiger partial charge in [-0.1, -0.05) is 18.5 Å². The van der Waals surface area contributed by atoms with E-state index in [1.165, 1.54) is 6.07 Å². The first-order valence-electron chi connectivity index (χ1n) is 6.69. The molecule has 0 amide bonds. The average Bonchev–Trinajstić information content (AvgIpc) is 2.79. The number of hydrogen-bond donors (Lipinski definition) is 1. The lowest BCUT2D eigenvalue weighted by Crippen LogP contribution is -2.21. The summed E-state index contributed by atoms with van der Waals surface area (Å²) in [7, 11) is 3.73. The zero-order valence-corrected chi connectivity index (χ0v) is 12.7. The summed E-state index contributed by atoms with van der Waals surface area (Å²) in [6.07, 6.45) is 1.56. The number of nitrogens with zero attached hydrogens (tertiary/aromatic N) is 2. The maximum Gasteiger partial charge on any atom is 0.128 e. The summed E-state index contributed by atoms with van der Waals surface area (Å²) in [5.74, 6) is -0.244. The van der Waals surface area contributed by atoms with Gasteiger partial charge in [-0.15, -0.1) is 0 Å². The van der Waals surface area contributed by atoms with Gasteiger partial charge in [-0.3, -0.25) is 4.68 Å². The Morgan fingerprint density at radius 2 is 2.15 bits per heavy atom. The summed E-state index contributed by atoms with van der Waals surface area (Å²) in [5, 5.41) is 8.11. The smallest absolute Gasteiger partial charge is 0.128 e. The molecule has 5 heteroatoms. The molecule has 0 saturated heterocycles. The number of nitrogens with one attached hydrogen (secondary N) is 1. The number of halogens is 2. The first-order chi connectivity index (χ1) is 9.55. The van der Waals surface area contributed by atoms with Gasteiger partial charge in [0.2, 0.25) is 0 Å². The molecule has 1 aromatic carbocycles. The van der Waals surface area contributed by atoms with Crippen molar-refractivity contribution >= 4 is 11.6 Å². The molecule has 108 valence electrons. The monoisotopic (exact) mass is 295 g/mol. The molecule has 1 unspecified atom stereocenters. The standard InChI is InChI=1S/C15H19ClFN3/c1-4-11-8-12(20(3)19-11)9-15(18-2)13-7-10(16)5-6-14(13)17/h5-8,15,18H,4,9H2,1-3H3. The van der Waals surface area contributed by atoms with Crippen molar-refractivity contribution in [1.82, 2.24) is 15.1 Å². The van der Waals surface area contributed by atoms with E-state index >= 15 is 0 Å². The lowest BCUT2D eigenvalue weighted by molar-refractivity contribution is 0.519. The zero-order valence-electron chi connectivity index (χ0n) is 12.0. The maximum atomic E-state index is 14.0. The highest BCUT2D eigenvalue weighted by Gasteiger charge is 2.17. The summed E-state index contributed by atoms with van der Waals surface area (Å²) >= 11 is 5.97. The van der Waals surface area contributed by atoms with Gasteiger partial charge in [0.1, 0.15) is 5.82 Å². The molecule has 2 aromatic rings. The van der Waals surface area contributed by atoms with Gasteiger partial charge >= 0.3 is 0 Å². The van der Waals surface area contributed by atoms with Crippen LogP contribution in [-0.2, 0) is 19.9 Å². The summed E-state index contributed by atoms with van der Waals surface area (Å²) < 4.78 is 15.8. The van der Waals surface area contributed by atoms with Gasteiger partial charge in [-0.25, -0.2) is 4.39 Å². The molecule has 0 bridgehead atoms. The summed E-state index contributed by atoms with van der Waals surface area (Å²) in [6, 6.07) is 6.57. The number of likely N-dealkylation sites (N-methyl/N-ethyl adjacent to an activating group) is 1. The predicted molar refractivity (Wildman–Crippen MR) is 79.5 cm³/mol. The van der Waals surface area contributed by atoms with Crippen LogP contribution < -0.4 is 5.32 Å². The van der Waals surface area contributed by atoms with Crippen LogP contribution in [0.25, 0.3) is 0 Å². The quantitative estimate of drug-likeness (QED) is 0.917. The van der Waals surface area contributed by atoms with E-state index in [2.05, 4.69) is 23.4 Å². The second-order valence-corrected chi connectivity index (χ2v) is 5.25. The van der Waals surface area contributed by atoms with Crippen LogP contribution in [-0.4, -0.2) is 16.8 Å². The van der Waals surface area contributed by atoms with Crippen LogP contribution in [0.15, 0.2) is 24.3 Å². The fourth-order valence-electron chi connectivity index (χ4n) is 2.29. The van der Waals surface area contributed by atoms with E-state index in [0.29, 0.717) is 17.0 Å². The van der Waals surface area contributed by atoms with Gasteiger partial charge in [0, 0.05) is 35.8 Å². The van der Waals surface area contributed by atoms with Crippen LogP contribution in [0.1, 0.15) is 29.9 Å². The van der Waals surface area contributed by atoms with Crippen LogP contribution in [0.5, 0.6) is 0 Å². The normalized spacial score (nSPS) is 12.7. The minimum Gasteiger partial charge on any atom is -0.313 e. The Hall–Kier alpha value is -1.39. The Balaban J connectivity index is 2.28. The second-order valence-electron chi connectivity index (χ2n) is 4.82. The third-order valence-corrected chi connectivity index (χ3v) is 3.72. The van der Waals surface area contributed by atoms with Crippen LogP contribution >= 0.6 is 11.6 Å². The summed E-state index contributed by atoms with van der Waals surface area (Å²) in [5.41, 5.74) is 2.70. The van der Waals surface area contributed by atoms with Crippen molar-refractivity contribution in [3.8, 4) is 0 Å². The molecule has 0 saturated carbocycles. The first kappa shape index (κ1) is 15.0. The molecule has 1 N–H and O–H groups in total. The first-order valence-corrected chi connectivity index (χ1v) is 7.07. The van der Waals surface area contributed by atoms with E-state index in [1.807, 2.05) is 18.8 Å². The topological polar surface area (TPSA) is 29.9 Å². The Kier molecular flexibility index (Phi) is 4.78. The average molecular weight is 296 g/mol. The van der Waals surface area contributed by atoms with Crippen LogP contribution in [0.2, 0.25) is 5.02 Å². The molecule has 3 nitrogen and oxygen atoms in total. The molecule has 0 aliphatic heterocycles. The van der Waals surface area contributed by atoms with Gasteiger partial charge in [-0.05, 0) is 37.7 Å². The maximum absolute atomic E-state index is 14.0. The second kappa shape index (κ2) is 6.37. The minimum atomic E-state index is -0.244. The number of aryl methyl sites for hydroxylation is 2. The van der Waals surface area contributed by atoms with Crippen molar-refractivity contribution in [3.63, 3.8) is 0 Å². The molecule has 20 heavy (non-hydrogen) atoms. The predicted octanol–water partition coefficient (Wildman–Crippen LogP) is 3.28. The van der Waals surface area contributed by atoms with Crippen LogP contribution in [0.4, 0.5) is 4.39 Å². The van der Waals surface area contributed by atoms with Gasteiger partial charge < -0.3 is 5.32 Å². The Bertz CT molecular complexity index is 595. The molecule has 1 atom stereocenters. The number of aromatic nitrogens is 2. The van der Waals surface area contributed by atoms with E-state index in [-0.39, 0.29) is 11.9 Å². The van der Waals surface area contributed by atoms with Crippen molar-refractivity contribution < 1.29 is 4.39 Å². The fraction of sp³-hybridized carbons (Fsp3) is 0.400. The molecule has 0 radical (unpaired) electrons. The van der Waals surface area contributed by atoms with Crippen molar-refractivity contribution in [2.45, 2.75) is 25.8 Å². The van der Waals surface area contributed by atoms with Gasteiger partial charge in [-0.2, -0.15) is 5.10 Å². The Labute approximate surface area is 123 Å². The largest absolute Gasteiger partial charge is 0.313 e. The molecule has 2 rings (SSSR count). The summed E-state index contributed by atoms with van der Waals surface area (Å²) in [6.45, 7) is 2.07. The highest BCUT2D eigenvalue weighted by molar-refractivity contribution is 6.30. The third kappa shape index (κ3) is 3.19. The molecule has 1 heterocycles. The van der Waals surface area contributed by atoms with Crippen LogP contribution in [0.3, 0.4) is 0 Å². The Morgan fingerprint density at radius 1 is 1.40 bits per heavy atom. The third-order valence-electron chi connectivity index (χ3n) is 3.48. The minimum absolute atomic E-state index is 0.131. The highest BCUT2D eigenvalue weighted by atomic mass is 35.5. The molecule has 0 aliphatic carbocycles. The van der Waals surface area contributed by atoms with E-state index < -0.39 is 0 Å². The number of benzene rings is 1. The van der Waals surface area contributed by atoms with Gasteiger partial charge in [0.15, 0.2) is 0 Å². The molecule has 0 aliphatic rings. The van der Waals surface area contributed by atoms with Gasteiger partial charge in [0.05, 0.1) is 5.69 Å². The van der Waals surface area contributed by atoms with E-state index in [0.717, 1.165) is 17.8 Å². The molecule has 0 spiro atoms. The lowest BCUT2D eigenvalue weighted by Gasteiger charge is -2.17. The highest BCUT2D eigenvalue weighted by Crippen LogP contribution is 2.24. The molecule has 1 aromatic heterocycles. The van der Waals surface area contributed by atoms with Gasteiger partial charge in [0.25, 0.3) is 0 Å². The molecular formula is C15H19ClFN3. The Morgan fingerprint density at radius 3 is 2.75 bits per heavy atom. The van der Waals surface area contributed by atoms with E-state index in [1.54, 1.807) is 12.1 Å². The molecule has 0 fully saturated rings. The number of hydrogen-bond acceptors (Lipinski definition) is 2. The van der Waals surface area contributed by atoms with E-state index in [9.17, 15) is 4.39 Å². The van der Waals surface area contributed by atoms with Crippen molar-refractivity contribution in [3.05, 3.63) is 52.1 Å². The van der Waals surface area contributed by atoms with E-state index in [4.69, 9.17) is 11.6 Å². The zero-order chi connectivity index (χ0) is 14.7. The fourth-order valence-corrected chi connectivity index (χ4v) is 2.47. The van der Waals surface area contributed by atoms with Crippen molar-refractivity contribution in [1.29, 1.82) is 0 Å². The van der Waals surface area contributed by atoms with Crippen LogP contribution in [0, 0.1) is 5.82 Å². The SMILES string of the molecule is CCc1cc(CC(NC)c2cc(Cl)ccc2F)n(C)n1. The lowest BCUT2D eigenvalue weighted by atomic mass is 10.0. The molecular weight excluding hydrogens is 277 g/mol. The van der Waals surface area contributed by atoms with Crippen molar-refractivity contribution in [2.75, 3.05) is 7.05 Å². The summed E-state index contributed by atoms with van der Waals surface area (Å²) in [4.78, 5) is 0. The number of rotatable bonds is 5. The van der Waals surface area contributed by atoms with Crippen molar-refractivity contribution in [2.24, 2.45) is 7.05 Å².